The average Bonchev–Trinajstić information content (AvgIpc) is 1.88. The molecule has 0 aliphatic heterocycles. The Hall–Kier alpha value is -0.0400. The van der Waals surface area contributed by atoms with E-state index in [4.69, 9.17) is 5.11 Å². The molecule has 0 heterocycles. The van der Waals surface area contributed by atoms with Gasteiger partial charge in [-0.3, -0.25) is 0 Å². The van der Waals surface area contributed by atoms with Crippen LogP contribution in [-0.2, 0) is 0 Å². The van der Waals surface area contributed by atoms with Crippen molar-refractivity contribution >= 4 is 0 Å². The van der Waals surface area contributed by atoms with Crippen LogP contribution in [0.4, 0.5) is 0 Å². The van der Waals surface area contributed by atoms with Crippen LogP contribution in [-0.4, -0.2) is 11.2 Å². The van der Waals surface area contributed by atoms with Crippen LogP contribution in [0, 0.1) is 12.8 Å². The second-order valence-electron chi connectivity index (χ2n) is 3.39. The molecule has 1 heteroatoms. The first-order chi connectivity index (χ1) is 4.79. The van der Waals surface area contributed by atoms with E-state index < -0.39 is 0 Å². The molecule has 1 saturated carbocycles. The minimum Gasteiger partial charge on any atom is -0.393 e. The average molecular weight is 141 g/mol. The first-order valence-electron chi connectivity index (χ1n) is 4.30. The van der Waals surface area contributed by atoms with E-state index in [0.717, 1.165) is 12.3 Å². The van der Waals surface area contributed by atoms with Gasteiger partial charge < -0.3 is 5.11 Å². The van der Waals surface area contributed by atoms with Gasteiger partial charge in [0.1, 0.15) is 0 Å². The third-order valence-electron chi connectivity index (χ3n) is 2.33. The van der Waals surface area contributed by atoms with E-state index in [1.165, 1.54) is 32.1 Å². The molecule has 0 saturated heterocycles. The summed E-state index contributed by atoms with van der Waals surface area (Å²) in [6.07, 6.45) is 7.32. The van der Waals surface area contributed by atoms with Crippen molar-refractivity contribution in [2.24, 2.45) is 5.92 Å². The molecule has 0 amide bonds. The van der Waals surface area contributed by atoms with Crippen LogP contribution in [0.3, 0.4) is 0 Å². The molecule has 1 fully saturated rings. The summed E-state index contributed by atoms with van der Waals surface area (Å²) in [6.45, 7) is 3.59. The minimum absolute atomic E-state index is 0.330. The molecular weight excluding hydrogens is 124 g/mol. The van der Waals surface area contributed by atoms with Crippen LogP contribution in [0.25, 0.3) is 0 Å². The standard InChI is InChI=1S/C9H17O/c1-8(10)7-9-5-3-2-4-6-9/h8-10H,1-7H2. The van der Waals surface area contributed by atoms with E-state index >= 15 is 0 Å². The molecule has 1 nitrogen and oxygen atoms in total. The summed E-state index contributed by atoms with van der Waals surface area (Å²) in [7, 11) is 0. The molecule has 1 aliphatic carbocycles. The van der Waals surface area contributed by atoms with Gasteiger partial charge in [0.05, 0.1) is 6.10 Å². The zero-order chi connectivity index (χ0) is 7.40. The van der Waals surface area contributed by atoms with Crippen LogP contribution in [0.2, 0.25) is 0 Å². The molecule has 0 aromatic rings. The van der Waals surface area contributed by atoms with Gasteiger partial charge in [-0.05, 0) is 19.3 Å². The largest absolute Gasteiger partial charge is 0.393 e. The molecule has 1 atom stereocenters. The third-order valence-corrected chi connectivity index (χ3v) is 2.33. The van der Waals surface area contributed by atoms with Crippen molar-refractivity contribution in [2.75, 3.05) is 0 Å². The summed E-state index contributed by atoms with van der Waals surface area (Å²) in [5.74, 6) is 0.765. The van der Waals surface area contributed by atoms with Crippen molar-refractivity contribution in [1.82, 2.24) is 0 Å². The Balaban J connectivity index is 2.13. The third kappa shape index (κ3) is 2.70. The van der Waals surface area contributed by atoms with Gasteiger partial charge in [-0.25, -0.2) is 0 Å². The first-order valence-corrected chi connectivity index (χ1v) is 4.30. The van der Waals surface area contributed by atoms with Crippen LogP contribution < -0.4 is 0 Å². The monoisotopic (exact) mass is 141 g/mol. The molecule has 1 N–H and O–H groups in total. The van der Waals surface area contributed by atoms with E-state index in [1.54, 1.807) is 0 Å². The highest BCUT2D eigenvalue weighted by molar-refractivity contribution is 4.70. The van der Waals surface area contributed by atoms with Crippen molar-refractivity contribution in [3.05, 3.63) is 6.92 Å². The van der Waals surface area contributed by atoms with Gasteiger partial charge in [-0.1, -0.05) is 32.1 Å². The SMILES string of the molecule is [CH2]C(O)CC1CCCCC1. The highest BCUT2D eigenvalue weighted by Gasteiger charge is 2.14. The van der Waals surface area contributed by atoms with E-state index in [0.29, 0.717) is 0 Å². The van der Waals surface area contributed by atoms with Crippen molar-refractivity contribution < 1.29 is 5.11 Å². The van der Waals surface area contributed by atoms with Gasteiger partial charge in [-0.15, -0.1) is 0 Å². The topological polar surface area (TPSA) is 20.2 Å². The lowest BCUT2D eigenvalue weighted by Crippen LogP contribution is -2.13. The Morgan fingerprint density at radius 3 is 2.40 bits per heavy atom. The smallest absolute Gasteiger partial charge is 0.0543 e. The molecule has 1 unspecified atom stereocenters. The lowest BCUT2D eigenvalue weighted by molar-refractivity contribution is 0.168. The molecule has 0 aromatic heterocycles. The van der Waals surface area contributed by atoms with Gasteiger partial charge in [-0.2, -0.15) is 0 Å². The summed E-state index contributed by atoms with van der Waals surface area (Å²) < 4.78 is 0. The second-order valence-corrected chi connectivity index (χ2v) is 3.39. The number of aliphatic hydroxyl groups is 1. The lowest BCUT2D eigenvalue weighted by atomic mass is 9.86. The minimum atomic E-state index is -0.330. The predicted molar refractivity (Wildman–Crippen MR) is 42.6 cm³/mol. The molecular formula is C9H17O. The summed E-state index contributed by atoms with van der Waals surface area (Å²) in [5.41, 5.74) is 0. The first kappa shape index (κ1) is 8.06. The summed E-state index contributed by atoms with van der Waals surface area (Å²) in [6, 6.07) is 0. The molecule has 0 spiro atoms. The zero-order valence-electron chi connectivity index (χ0n) is 6.55. The van der Waals surface area contributed by atoms with Gasteiger partial charge in [0.2, 0.25) is 0 Å². The Morgan fingerprint density at radius 2 is 1.90 bits per heavy atom. The number of rotatable bonds is 2. The van der Waals surface area contributed by atoms with Gasteiger partial charge >= 0.3 is 0 Å². The highest BCUT2D eigenvalue weighted by Crippen LogP contribution is 2.26. The van der Waals surface area contributed by atoms with E-state index in [9.17, 15) is 0 Å². The number of aliphatic hydroxyl groups excluding tert-OH is 1. The molecule has 0 aromatic carbocycles. The van der Waals surface area contributed by atoms with Gasteiger partial charge in [0.15, 0.2) is 0 Å². The quantitative estimate of drug-likeness (QED) is 0.624. The van der Waals surface area contributed by atoms with E-state index in [2.05, 4.69) is 6.92 Å². The van der Waals surface area contributed by atoms with Crippen molar-refractivity contribution in [3.8, 4) is 0 Å². The van der Waals surface area contributed by atoms with Crippen LogP contribution in [0.1, 0.15) is 38.5 Å². The fourth-order valence-electron chi connectivity index (χ4n) is 1.81. The molecule has 1 radical (unpaired) electrons. The fourth-order valence-corrected chi connectivity index (χ4v) is 1.81. The van der Waals surface area contributed by atoms with E-state index in [-0.39, 0.29) is 6.10 Å². The van der Waals surface area contributed by atoms with Gasteiger partial charge in [0, 0.05) is 0 Å². The summed E-state index contributed by atoms with van der Waals surface area (Å²) in [5, 5.41) is 8.99. The number of hydrogen-bond acceptors (Lipinski definition) is 1. The Morgan fingerprint density at radius 1 is 1.30 bits per heavy atom. The zero-order valence-corrected chi connectivity index (χ0v) is 6.55. The second kappa shape index (κ2) is 3.97. The van der Waals surface area contributed by atoms with E-state index in [1.807, 2.05) is 0 Å². The van der Waals surface area contributed by atoms with Crippen molar-refractivity contribution in [2.45, 2.75) is 44.6 Å². The Kier molecular flexibility index (Phi) is 3.20. The Bertz CT molecular complexity index is 82.7. The fraction of sp³-hybridized carbons (Fsp3) is 0.889. The summed E-state index contributed by atoms with van der Waals surface area (Å²) in [4.78, 5) is 0. The van der Waals surface area contributed by atoms with Gasteiger partial charge in [0.25, 0.3) is 0 Å². The molecule has 1 aliphatic rings. The molecule has 10 heavy (non-hydrogen) atoms. The maximum absolute atomic E-state index is 8.99. The van der Waals surface area contributed by atoms with Crippen LogP contribution >= 0.6 is 0 Å². The van der Waals surface area contributed by atoms with Crippen molar-refractivity contribution in [1.29, 1.82) is 0 Å². The predicted octanol–water partition coefficient (Wildman–Crippen LogP) is 2.15. The van der Waals surface area contributed by atoms with Crippen molar-refractivity contribution in [3.63, 3.8) is 0 Å². The normalized spacial score (nSPS) is 24.6. The molecule has 0 bridgehead atoms. The van der Waals surface area contributed by atoms with Crippen LogP contribution in [0.15, 0.2) is 0 Å². The lowest BCUT2D eigenvalue weighted by Gasteiger charge is -2.22. The molecule has 1 rings (SSSR count). The maximum Gasteiger partial charge on any atom is 0.0543 e. The Labute approximate surface area is 63.4 Å². The number of hydrogen-bond donors (Lipinski definition) is 1. The van der Waals surface area contributed by atoms with Crippen LogP contribution in [0.5, 0.6) is 0 Å². The molecule has 59 valence electrons. The summed E-state index contributed by atoms with van der Waals surface area (Å²) >= 11 is 0. The maximum atomic E-state index is 8.99. The highest BCUT2D eigenvalue weighted by atomic mass is 16.3.